The van der Waals surface area contributed by atoms with Crippen LogP contribution in [0.15, 0.2) is 71.8 Å². The molecule has 0 atom stereocenters. The Hall–Kier alpha value is -4.41. The molecule has 11 heteroatoms. The lowest BCUT2D eigenvalue weighted by molar-refractivity contribution is -0.120. The summed E-state index contributed by atoms with van der Waals surface area (Å²) < 4.78 is 16.7. The molecule has 0 fully saturated rings. The number of rotatable bonds is 9. The molecular weight excluding hydrogens is 530 g/mol. The van der Waals surface area contributed by atoms with E-state index in [4.69, 9.17) is 25.8 Å². The normalized spacial score (nSPS) is 10.8. The third kappa shape index (κ3) is 6.28. The van der Waals surface area contributed by atoms with E-state index in [0.29, 0.717) is 32.5 Å². The molecule has 0 saturated heterocycles. The summed E-state index contributed by atoms with van der Waals surface area (Å²) in [6.07, 6.45) is 1.39. The number of halogens is 1. The second kappa shape index (κ2) is 12.2. The number of amides is 2. The van der Waals surface area contributed by atoms with Crippen LogP contribution in [0.4, 0.5) is 0 Å². The molecule has 0 bridgehead atoms. The lowest BCUT2D eigenvalue weighted by Gasteiger charge is -2.10. The molecule has 3 aromatic carbocycles. The van der Waals surface area contributed by atoms with Gasteiger partial charge < -0.3 is 19.5 Å². The lowest BCUT2D eigenvalue weighted by Crippen LogP contribution is -2.34. The average Bonchev–Trinajstić information content (AvgIpc) is 3.28. The Morgan fingerprint density at radius 2 is 1.74 bits per heavy atom. The molecule has 0 spiro atoms. The standard InChI is InChI=1S/C27H22ClN3O6S/c1-35-18-10-8-17(9-11-18)27(34)37-20-12-7-16(13-21(20)36-2)14-30-31-23(32)15-29-26(33)25-24(28)19-5-3-4-6-22(19)38-25/h3-14H,15H2,1-2H3,(H,29,33)(H,31,32)/b30-14+. The highest BCUT2D eigenvalue weighted by Crippen LogP contribution is 2.35. The molecule has 38 heavy (non-hydrogen) atoms. The van der Waals surface area contributed by atoms with E-state index in [-0.39, 0.29) is 12.3 Å². The predicted octanol–water partition coefficient (Wildman–Crippen LogP) is 4.67. The number of carbonyl (C=O) groups excluding carboxylic acids is 3. The maximum Gasteiger partial charge on any atom is 0.343 e. The van der Waals surface area contributed by atoms with Crippen molar-refractivity contribution in [1.29, 1.82) is 0 Å². The Morgan fingerprint density at radius 3 is 2.45 bits per heavy atom. The van der Waals surface area contributed by atoms with Crippen LogP contribution < -0.4 is 25.0 Å². The summed E-state index contributed by atoms with van der Waals surface area (Å²) in [6.45, 7) is -0.287. The fraction of sp³-hybridized carbons (Fsp3) is 0.111. The molecule has 194 valence electrons. The average molecular weight is 552 g/mol. The van der Waals surface area contributed by atoms with Crippen LogP contribution in [0.5, 0.6) is 17.2 Å². The molecule has 1 heterocycles. The number of methoxy groups -OCH3 is 2. The van der Waals surface area contributed by atoms with Gasteiger partial charge in [0, 0.05) is 10.1 Å². The monoisotopic (exact) mass is 551 g/mol. The van der Waals surface area contributed by atoms with Gasteiger partial charge in [-0.05, 0) is 54.1 Å². The highest BCUT2D eigenvalue weighted by Gasteiger charge is 2.17. The maximum atomic E-state index is 12.5. The fourth-order valence-corrected chi connectivity index (χ4v) is 4.79. The van der Waals surface area contributed by atoms with Gasteiger partial charge in [0.2, 0.25) is 0 Å². The van der Waals surface area contributed by atoms with Gasteiger partial charge in [-0.2, -0.15) is 5.10 Å². The minimum Gasteiger partial charge on any atom is -0.497 e. The molecule has 0 saturated carbocycles. The quantitative estimate of drug-likeness (QED) is 0.135. The van der Waals surface area contributed by atoms with Gasteiger partial charge in [-0.3, -0.25) is 9.59 Å². The first-order chi connectivity index (χ1) is 18.4. The lowest BCUT2D eigenvalue weighted by atomic mass is 10.2. The number of carbonyl (C=O) groups is 3. The second-order valence-electron chi connectivity index (χ2n) is 7.75. The number of hydrogen-bond donors (Lipinski definition) is 2. The van der Waals surface area contributed by atoms with Gasteiger partial charge in [-0.25, -0.2) is 10.2 Å². The van der Waals surface area contributed by atoms with E-state index in [1.54, 1.807) is 42.5 Å². The van der Waals surface area contributed by atoms with Crippen molar-refractivity contribution in [3.8, 4) is 17.2 Å². The first-order valence-electron chi connectivity index (χ1n) is 11.2. The number of nitrogens with one attached hydrogen (secondary N) is 2. The van der Waals surface area contributed by atoms with Gasteiger partial charge in [0.1, 0.15) is 10.6 Å². The van der Waals surface area contributed by atoms with Crippen LogP contribution in [0.1, 0.15) is 25.6 Å². The smallest absolute Gasteiger partial charge is 0.343 e. The Bertz CT molecular complexity index is 1520. The summed E-state index contributed by atoms with van der Waals surface area (Å²) in [4.78, 5) is 37.4. The van der Waals surface area contributed by atoms with Gasteiger partial charge in [0.05, 0.1) is 37.6 Å². The van der Waals surface area contributed by atoms with E-state index >= 15 is 0 Å². The zero-order valence-corrected chi connectivity index (χ0v) is 21.9. The van der Waals surface area contributed by atoms with E-state index in [2.05, 4.69) is 15.8 Å². The zero-order chi connectivity index (χ0) is 27.1. The van der Waals surface area contributed by atoms with Gasteiger partial charge in [0.25, 0.3) is 11.8 Å². The third-order valence-electron chi connectivity index (χ3n) is 5.27. The van der Waals surface area contributed by atoms with Gasteiger partial charge in [-0.15, -0.1) is 11.3 Å². The molecule has 0 unspecified atom stereocenters. The van der Waals surface area contributed by atoms with Crippen molar-refractivity contribution in [1.82, 2.24) is 10.7 Å². The van der Waals surface area contributed by atoms with Crippen LogP contribution >= 0.6 is 22.9 Å². The predicted molar refractivity (Wildman–Crippen MR) is 146 cm³/mol. The molecule has 4 aromatic rings. The van der Waals surface area contributed by atoms with Crippen LogP contribution in [0.25, 0.3) is 10.1 Å². The number of hydrazone groups is 1. The number of nitrogens with zero attached hydrogens (tertiary/aromatic N) is 1. The summed E-state index contributed by atoms with van der Waals surface area (Å²) in [6, 6.07) is 18.7. The van der Waals surface area contributed by atoms with Crippen molar-refractivity contribution in [2.75, 3.05) is 20.8 Å². The number of thiophene rings is 1. The Morgan fingerprint density at radius 1 is 0.974 bits per heavy atom. The summed E-state index contributed by atoms with van der Waals surface area (Å²) in [5, 5.41) is 7.58. The van der Waals surface area contributed by atoms with Crippen LogP contribution in [0, 0.1) is 0 Å². The van der Waals surface area contributed by atoms with Crippen molar-refractivity contribution in [2.45, 2.75) is 0 Å². The Labute approximate surface area is 227 Å². The highest BCUT2D eigenvalue weighted by molar-refractivity contribution is 7.21. The minimum atomic E-state index is -0.557. The van der Waals surface area contributed by atoms with Crippen LogP contribution in [-0.4, -0.2) is 44.8 Å². The van der Waals surface area contributed by atoms with E-state index in [0.717, 1.165) is 10.1 Å². The summed E-state index contributed by atoms with van der Waals surface area (Å²) in [5.41, 5.74) is 3.27. The molecule has 2 N–H and O–H groups in total. The number of hydrogen-bond acceptors (Lipinski definition) is 8. The number of fused-ring (bicyclic) bond motifs is 1. The van der Waals surface area contributed by atoms with Crippen molar-refractivity contribution in [3.05, 3.63) is 87.8 Å². The number of ether oxygens (including phenoxy) is 3. The number of benzene rings is 3. The highest BCUT2D eigenvalue weighted by atomic mass is 35.5. The Balaban J connectivity index is 1.31. The van der Waals surface area contributed by atoms with E-state index in [1.165, 1.54) is 31.8 Å². The topological polar surface area (TPSA) is 115 Å². The van der Waals surface area contributed by atoms with Gasteiger partial charge in [-0.1, -0.05) is 29.8 Å². The first-order valence-corrected chi connectivity index (χ1v) is 12.4. The largest absolute Gasteiger partial charge is 0.497 e. The minimum absolute atomic E-state index is 0.220. The number of esters is 1. The van der Waals surface area contributed by atoms with E-state index in [1.807, 2.05) is 24.3 Å². The van der Waals surface area contributed by atoms with Crippen molar-refractivity contribution in [2.24, 2.45) is 5.10 Å². The van der Waals surface area contributed by atoms with Crippen LogP contribution in [0.3, 0.4) is 0 Å². The Kier molecular flexibility index (Phi) is 8.57. The van der Waals surface area contributed by atoms with Crippen LogP contribution in [-0.2, 0) is 4.79 Å². The summed E-state index contributed by atoms with van der Waals surface area (Å²) in [5.74, 6) is -0.383. The fourth-order valence-electron chi connectivity index (χ4n) is 3.35. The first kappa shape index (κ1) is 26.6. The SMILES string of the molecule is COc1ccc(C(=O)Oc2ccc(/C=N/NC(=O)CNC(=O)c3sc4ccccc4c3Cl)cc2OC)cc1. The maximum absolute atomic E-state index is 12.5. The molecule has 0 aliphatic carbocycles. The third-order valence-corrected chi connectivity index (χ3v) is 6.94. The molecule has 0 radical (unpaired) electrons. The molecule has 4 rings (SSSR count). The summed E-state index contributed by atoms with van der Waals surface area (Å²) >= 11 is 7.56. The van der Waals surface area contributed by atoms with E-state index < -0.39 is 17.8 Å². The van der Waals surface area contributed by atoms with Crippen molar-refractivity contribution in [3.63, 3.8) is 0 Å². The molecular formula is C27H22ClN3O6S. The van der Waals surface area contributed by atoms with Crippen molar-refractivity contribution >= 4 is 57.0 Å². The van der Waals surface area contributed by atoms with Gasteiger partial charge >= 0.3 is 5.97 Å². The van der Waals surface area contributed by atoms with Crippen LogP contribution in [0.2, 0.25) is 5.02 Å². The van der Waals surface area contributed by atoms with Crippen molar-refractivity contribution < 1.29 is 28.6 Å². The van der Waals surface area contributed by atoms with E-state index in [9.17, 15) is 14.4 Å². The summed E-state index contributed by atoms with van der Waals surface area (Å²) in [7, 11) is 2.98. The molecule has 9 nitrogen and oxygen atoms in total. The molecule has 1 aromatic heterocycles. The second-order valence-corrected chi connectivity index (χ2v) is 9.18. The molecule has 0 aliphatic heterocycles. The zero-order valence-electron chi connectivity index (χ0n) is 20.3. The van der Waals surface area contributed by atoms with Gasteiger partial charge in [0.15, 0.2) is 11.5 Å². The molecule has 2 amide bonds. The molecule has 0 aliphatic rings.